The first kappa shape index (κ1) is 18.2. The van der Waals surface area contributed by atoms with E-state index in [1.54, 1.807) is 24.5 Å². The average molecular weight is 391 g/mol. The van der Waals surface area contributed by atoms with Gasteiger partial charge in [-0.05, 0) is 36.6 Å². The van der Waals surface area contributed by atoms with Gasteiger partial charge in [0, 0.05) is 24.4 Å². The summed E-state index contributed by atoms with van der Waals surface area (Å²) in [4.78, 5) is 20.5. The van der Waals surface area contributed by atoms with Crippen molar-refractivity contribution >= 4 is 11.7 Å². The van der Waals surface area contributed by atoms with Crippen molar-refractivity contribution < 1.29 is 22.7 Å². The molecule has 4 rings (SSSR count). The van der Waals surface area contributed by atoms with E-state index in [0.717, 1.165) is 19.3 Å². The molecule has 1 saturated carbocycles. The van der Waals surface area contributed by atoms with Crippen LogP contribution < -0.4 is 10.1 Å². The number of aromatic nitrogens is 4. The second-order valence-electron chi connectivity index (χ2n) is 6.69. The number of rotatable bonds is 5. The molecule has 0 bridgehead atoms. The zero-order chi connectivity index (χ0) is 19.8. The van der Waals surface area contributed by atoms with Gasteiger partial charge in [-0.1, -0.05) is 18.6 Å². The zero-order valence-electron chi connectivity index (χ0n) is 14.6. The zero-order valence-corrected chi connectivity index (χ0v) is 14.6. The molecule has 3 aromatic rings. The van der Waals surface area contributed by atoms with Gasteiger partial charge < -0.3 is 10.1 Å². The second kappa shape index (κ2) is 6.77. The van der Waals surface area contributed by atoms with E-state index in [9.17, 15) is 18.0 Å². The maximum absolute atomic E-state index is 12.5. The molecule has 0 unspecified atom stereocenters. The minimum Gasteiger partial charge on any atom is -0.406 e. The van der Waals surface area contributed by atoms with Crippen molar-refractivity contribution in [1.82, 2.24) is 24.9 Å². The summed E-state index contributed by atoms with van der Waals surface area (Å²) in [6.07, 6.45) is 0.863. The van der Waals surface area contributed by atoms with Gasteiger partial charge in [0.2, 0.25) is 5.82 Å². The molecule has 1 amide bonds. The SMILES string of the molecule is O=C(NCC1(c2cccc(OC(F)(F)F)c2)CCC1)c1nc2ncccn2n1. The first-order valence-corrected chi connectivity index (χ1v) is 8.67. The lowest BCUT2D eigenvalue weighted by atomic mass is 9.64. The van der Waals surface area contributed by atoms with Gasteiger partial charge in [-0.2, -0.15) is 4.98 Å². The van der Waals surface area contributed by atoms with Crippen LogP contribution in [-0.4, -0.2) is 38.4 Å². The van der Waals surface area contributed by atoms with Crippen LogP contribution in [0.3, 0.4) is 0 Å². The summed E-state index contributed by atoms with van der Waals surface area (Å²) in [7, 11) is 0. The lowest BCUT2D eigenvalue weighted by Gasteiger charge is -2.42. The Kier molecular flexibility index (Phi) is 4.40. The van der Waals surface area contributed by atoms with Crippen molar-refractivity contribution in [2.45, 2.75) is 31.0 Å². The summed E-state index contributed by atoms with van der Waals surface area (Å²) < 4.78 is 42.9. The predicted octanol–water partition coefficient (Wildman–Crippen LogP) is 2.87. The molecule has 0 aliphatic heterocycles. The molecule has 1 fully saturated rings. The number of amides is 1. The number of carbonyl (C=O) groups excluding carboxylic acids is 1. The highest BCUT2D eigenvalue weighted by atomic mass is 19.4. The smallest absolute Gasteiger partial charge is 0.406 e. The minimum atomic E-state index is -4.75. The van der Waals surface area contributed by atoms with E-state index in [1.165, 1.54) is 22.7 Å². The number of ether oxygens (including phenoxy) is 1. The van der Waals surface area contributed by atoms with Gasteiger partial charge in [0.25, 0.3) is 11.7 Å². The fourth-order valence-electron chi connectivity index (χ4n) is 3.35. The highest BCUT2D eigenvalue weighted by Gasteiger charge is 2.40. The Morgan fingerprint density at radius 3 is 2.79 bits per heavy atom. The van der Waals surface area contributed by atoms with Crippen molar-refractivity contribution in [1.29, 1.82) is 0 Å². The monoisotopic (exact) mass is 391 g/mol. The molecule has 10 heteroatoms. The molecule has 7 nitrogen and oxygen atoms in total. The van der Waals surface area contributed by atoms with E-state index < -0.39 is 17.7 Å². The molecular weight excluding hydrogens is 375 g/mol. The molecule has 2 aromatic heterocycles. The van der Waals surface area contributed by atoms with Crippen LogP contribution in [0.15, 0.2) is 42.7 Å². The Bertz CT molecular complexity index is 981. The molecule has 146 valence electrons. The maximum Gasteiger partial charge on any atom is 0.573 e. The molecule has 1 aliphatic rings. The Hall–Kier alpha value is -3.17. The van der Waals surface area contributed by atoms with Crippen molar-refractivity contribution in [3.63, 3.8) is 0 Å². The van der Waals surface area contributed by atoms with Crippen LogP contribution in [0.2, 0.25) is 0 Å². The molecule has 2 heterocycles. The van der Waals surface area contributed by atoms with E-state index in [1.807, 2.05) is 0 Å². The highest BCUT2D eigenvalue weighted by molar-refractivity contribution is 5.90. The van der Waals surface area contributed by atoms with Crippen LogP contribution in [0.5, 0.6) is 5.75 Å². The van der Waals surface area contributed by atoms with Gasteiger partial charge in [-0.15, -0.1) is 18.3 Å². The van der Waals surface area contributed by atoms with Crippen LogP contribution >= 0.6 is 0 Å². The number of hydrogen-bond donors (Lipinski definition) is 1. The number of nitrogens with one attached hydrogen (secondary N) is 1. The van der Waals surface area contributed by atoms with Gasteiger partial charge in [0.05, 0.1) is 0 Å². The van der Waals surface area contributed by atoms with Crippen molar-refractivity contribution in [2.75, 3.05) is 6.54 Å². The topological polar surface area (TPSA) is 81.4 Å². The predicted molar refractivity (Wildman–Crippen MR) is 91.8 cm³/mol. The Morgan fingerprint density at radius 1 is 1.29 bits per heavy atom. The van der Waals surface area contributed by atoms with Crippen LogP contribution in [-0.2, 0) is 5.41 Å². The molecule has 1 aromatic carbocycles. The van der Waals surface area contributed by atoms with E-state index in [4.69, 9.17) is 0 Å². The normalized spacial score (nSPS) is 15.8. The number of benzene rings is 1. The number of halogens is 3. The van der Waals surface area contributed by atoms with E-state index >= 15 is 0 Å². The minimum absolute atomic E-state index is 0.0117. The molecule has 28 heavy (non-hydrogen) atoms. The molecule has 1 N–H and O–H groups in total. The van der Waals surface area contributed by atoms with Gasteiger partial charge in [0.15, 0.2) is 0 Å². The molecule has 1 aliphatic carbocycles. The van der Waals surface area contributed by atoms with Crippen LogP contribution in [0.1, 0.15) is 35.4 Å². The summed E-state index contributed by atoms with van der Waals surface area (Å²) in [5, 5.41) is 6.87. The average Bonchev–Trinajstić information content (AvgIpc) is 3.04. The summed E-state index contributed by atoms with van der Waals surface area (Å²) in [6.45, 7) is 0.268. The summed E-state index contributed by atoms with van der Waals surface area (Å²) in [5.41, 5.74) is 0.267. The fourth-order valence-corrected chi connectivity index (χ4v) is 3.35. The third kappa shape index (κ3) is 3.62. The van der Waals surface area contributed by atoms with E-state index in [0.29, 0.717) is 11.3 Å². The van der Waals surface area contributed by atoms with Crippen molar-refractivity contribution in [3.8, 4) is 5.75 Å². The number of fused-ring (bicyclic) bond motifs is 1. The van der Waals surface area contributed by atoms with Gasteiger partial charge in [0.1, 0.15) is 5.75 Å². The van der Waals surface area contributed by atoms with E-state index in [2.05, 4.69) is 25.1 Å². The van der Waals surface area contributed by atoms with Gasteiger partial charge in [-0.3, -0.25) is 4.79 Å². The van der Waals surface area contributed by atoms with Crippen molar-refractivity contribution in [2.24, 2.45) is 0 Å². The Balaban J connectivity index is 1.49. The second-order valence-corrected chi connectivity index (χ2v) is 6.69. The lowest BCUT2D eigenvalue weighted by molar-refractivity contribution is -0.274. The lowest BCUT2D eigenvalue weighted by Crippen LogP contribution is -2.45. The summed E-state index contributed by atoms with van der Waals surface area (Å²) >= 11 is 0. The molecular formula is C18H16F3N5O2. The first-order chi connectivity index (χ1) is 13.3. The van der Waals surface area contributed by atoms with Crippen molar-refractivity contribution in [3.05, 3.63) is 54.1 Å². The first-order valence-electron chi connectivity index (χ1n) is 8.67. The van der Waals surface area contributed by atoms with Gasteiger partial charge >= 0.3 is 6.36 Å². The molecule has 0 spiro atoms. The number of hydrogen-bond acceptors (Lipinski definition) is 5. The standard InChI is InChI=1S/C18H16F3N5O2/c19-18(20,21)28-13-5-1-4-12(10-13)17(6-2-7-17)11-23-15(27)14-24-16-22-8-3-9-26(16)25-14/h1,3-5,8-10H,2,6-7,11H2,(H,23,27). The quantitative estimate of drug-likeness (QED) is 0.723. The molecule has 0 radical (unpaired) electrons. The third-order valence-electron chi connectivity index (χ3n) is 4.90. The van der Waals surface area contributed by atoms with Crippen LogP contribution in [0.4, 0.5) is 13.2 Å². The number of carbonyl (C=O) groups is 1. The molecule has 0 saturated heterocycles. The third-order valence-corrected chi connectivity index (χ3v) is 4.90. The fraction of sp³-hybridized carbons (Fsp3) is 0.333. The Labute approximate surface area is 157 Å². The largest absolute Gasteiger partial charge is 0.573 e. The Morgan fingerprint density at radius 2 is 2.11 bits per heavy atom. The van der Waals surface area contributed by atoms with E-state index in [-0.39, 0.29) is 18.1 Å². The number of nitrogens with zero attached hydrogens (tertiary/aromatic N) is 4. The highest BCUT2D eigenvalue weighted by Crippen LogP contribution is 2.44. The summed E-state index contributed by atoms with van der Waals surface area (Å²) in [5.74, 6) is -0.430. The molecule has 0 atom stereocenters. The maximum atomic E-state index is 12.5. The van der Waals surface area contributed by atoms with Gasteiger partial charge in [-0.25, -0.2) is 9.50 Å². The summed E-state index contributed by atoms with van der Waals surface area (Å²) in [6, 6.07) is 7.58. The number of alkyl halides is 3. The van der Waals surface area contributed by atoms with Crippen LogP contribution in [0.25, 0.3) is 5.78 Å². The van der Waals surface area contributed by atoms with Crippen LogP contribution in [0, 0.1) is 0 Å².